The molecular formula is C21H22ClN3O2. The molecule has 0 aliphatic rings. The number of carbonyl (C=O) groups is 1. The van der Waals surface area contributed by atoms with Crippen molar-refractivity contribution in [3.63, 3.8) is 0 Å². The van der Waals surface area contributed by atoms with Crippen molar-refractivity contribution < 1.29 is 9.90 Å². The van der Waals surface area contributed by atoms with E-state index in [-0.39, 0.29) is 12.4 Å². The highest BCUT2D eigenvalue weighted by Gasteiger charge is 2.22. The molecule has 1 aromatic heterocycles. The Balaban J connectivity index is 2.23. The van der Waals surface area contributed by atoms with E-state index in [0.717, 1.165) is 11.5 Å². The van der Waals surface area contributed by atoms with Crippen LogP contribution in [-0.4, -0.2) is 39.4 Å². The molecule has 27 heavy (non-hydrogen) atoms. The van der Waals surface area contributed by atoms with Crippen LogP contribution in [0.15, 0.2) is 48.5 Å². The van der Waals surface area contributed by atoms with E-state index in [1.165, 1.54) is 0 Å². The average Bonchev–Trinajstić information content (AvgIpc) is 2.95. The van der Waals surface area contributed by atoms with E-state index in [4.69, 9.17) is 11.6 Å². The van der Waals surface area contributed by atoms with Crippen molar-refractivity contribution >= 4 is 17.4 Å². The Bertz CT molecular complexity index is 965. The topological polar surface area (TPSA) is 58.4 Å². The van der Waals surface area contributed by atoms with Gasteiger partial charge in [-0.05, 0) is 39.2 Å². The molecule has 0 spiro atoms. The number of ketones is 1. The molecule has 1 heterocycles. The first-order valence-electron chi connectivity index (χ1n) is 8.64. The molecule has 0 amide bonds. The Morgan fingerprint density at radius 2 is 1.89 bits per heavy atom. The lowest BCUT2D eigenvalue weighted by Crippen LogP contribution is -2.17. The number of hydrogen-bond donors (Lipinski definition) is 1. The zero-order valence-corrected chi connectivity index (χ0v) is 16.4. The molecule has 6 heteroatoms. The van der Waals surface area contributed by atoms with E-state index in [1.54, 1.807) is 30.3 Å². The molecule has 0 atom stereocenters. The number of aliphatic hydroxyl groups is 1. The van der Waals surface area contributed by atoms with Gasteiger partial charge in [-0.25, -0.2) is 4.98 Å². The summed E-state index contributed by atoms with van der Waals surface area (Å²) >= 11 is 6.20. The van der Waals surface area contributed by atoms with Crippen LogP contribution >= 0.6 is 11.6 Å². The maximum absolute atomic E-state index is 13.2. The quantitative estimate of drug-likeness (QED) is 0.660. The third-order valence-corrected chi connectivity index (χ3v) is 4.57. The zero-order valence-electron chi connectivity index (χ0n) is 15.6. The van der Waals surface area contributed by atoms with Crippen molar-refractivity contribution in [2.75, 3.05) is 14.1 Å². The van der Waals surface area contributed by atoms with Crippen molar-refractivity contribution in [2.45, 2.75) is 20.1 Å². The monoisotopic (exact) mass is 383 g/mol. The molecule has 0 bridgehead atoms. The number of carbonyl (C=O) groups excluding carboxylic acids is 1. The van der Waals surface area contributed by atoms with Gasteiger partial charge in [0.25, 0.3) is 0 Å². The Labute approximate surface area is 163 Å². The number of rotatable bonds is 6. The summed E-state index contributed by atoms with van der Waals surface area (Å²) in [5.74, 6) is 0.630. The van der Waals surface area contributed by atoms with Crippen molar-refractivity contribution in [2.24, 2.45) is 0 Å². The number of aliphatic hydroxyl groups excluding tert-OH is 1. The minimum atomic E-state index is -0.173. The van der Waals surface area contributed by atoms with Crippen LogP contribution < -0.4 is 0 Å². The molecule has 140 valence electrons. The van der Waals surface area contributed by atoms with E-state index in [0.29, 0.717) is 34.1 Å². The molecule has 3 rings (SSSR count). The van der Waals surface area contributed by atoms with Gasteiger partial charge in [0.1, 0.15) is 5.82 Å². The fourth-order valence-corrected chi connectivity index (χ4v) is 3.29. The summed E-state index contributed by atoms with van der Waals surface area (Å²) in [6.45, 7) is 2.26. The number of halogens is 1. The minimum Gasteiger partial charge on any atom is -0.390 e. The Morgan fingerprint density at radius 3 is 2.52 bits per heavy atom. The number of hydrogen-bond acceptors (Lipinski definition) is 4. The maximum Gasteiger partial charge on any atom is 0.195 e. The van der Waals surface area contributed by atoms with E-state index in [2.05, 4.69) is 4.98 Å². The Morgan fingerprint density at radius 1 is 1.19 bits per heavy atom. The highest BCUT2D eigenvalue weighted by molar-refractivity contribution is 6.31. The van der Waals surface area contributed by atoms with Gasteiger partial charge >= 0.3 is 0 Å². The predicted molar refractivity (Wildman–Crippen MR) is 106 cm³/mol. The summed E-state index contributed by atoms with van der Waals surface area (Å²) in [4.78, 5) is 19.8. The first kappa shape index (κ1) is 19.3. The van der Waals surface area contributed by atoms with Crippen LogP contribution in [-0.2, 0) is 13.2 Å². The molecule has 3 aromatic rings. The van der Waals surface area contributed by atoms with Crippen LogP contribution in [0.4, 0.5) is 0 Å². The first-order chi connectivity index (χ1) is 12.9. The molecule has 0 aliphatic carbocycles. The maximum atomic E-state index is 13.2. The standard InChI is InChI=1S/C21H22ClN3O2/c1-14-19(13-26)25(20(23-14)12-24(2)3)18-10-9-16(22)11-17(18)21(27)15-7-5-4-6-8-15/h4-11,26H,12-13H2,1-3H3. The smallest absolute Gasteiger partial charge is 0.195 e. The van der Waals surface area contributed by atoms with Gasteiger partial charge in [-0.3, -0.25) is 9.36 Å². The van der Waals surface area contributed by atoms with Crippen molar-refractivity contribution in [1.29, 1.82) is 0 Å². The Kier molecular flexibility index (Phi) is 5.75. The van der Waals surface area contributed by atoms with Gasteiger partial charge in [0.15, 0.2) is 5.78 Å². The van der Waals surface area contributed by atoms with E-state index < -0.39 is 0 Å². The predicted octanol–water partition coefficient (Wildman–Crippen LogP) is 3.62. The summed E-state index contributed by atoms with van der Waals surface area (Å²) < 4.78 is 1.86. The van der Waals surface area contributed by atoms with Gasteiger partial charge in [-0.15, -0.1) is 0 Å². The molecule has 0 fully saturated rings. The van der Waals surface area contributed by atoms with Gasteiger partial charge in [-0.1, -0.05) is 41.9 Å². The number of nitrogens with zero attached hydrogens (tertiary/aromatic N) is 3. The van der Waals surface area contributed by atoms with Gasteiger partial charge < -0.3 is 10.0 Å². The molecule has 0 saturated heterocycles. The van der Waals surface area contributed by atoms with Gasteiger partial charge in [0.2, 0.25) is 0 Å². The summed E-state index contributed by atoms with van der Waals surface area (Å²) in [6.07, 6.45) is 0. The fraction of sp³-hybridized carbons (Fsp3) is 0.238. The Hall–Kier alpha value is -2.47. The van der Waals surface area contributed by atoms with Gasteiger partial charge in [-0.2, -0.15) is 0 Å². The summed E-state index contributed by atoms with van der Waals surface area (Å²) in [7, 11) is 3.90. The van der Waals surface area contributed by atoms with Crippen LogP contribution in [0, 0.1) is 6.92 Å². The van der Waals surface area contributed by atoms with Crippen LogP contribution in [0.3, 0.4) is 0 Å². The fourth-order valence-electron chi connectivity index (χ4n) is 3.11. The summed E-state index contributed by atoms with van der Waals surface area (Å²) in [5.41, 5.74) is 3.12. The largest absolute Gasteiger partial charge is 0.390 e. The van der Waals surface area contributed by atoms with Crippen LogP contribution in [0.25, 0.3) is 5.69 Å². The minimum absolute atomic E-state index is 0.126. The average molecular weight is 384 g/mol. The highest BCUT2D eigenvalue weighted by atomic mass is 35.5. The third kappa shape index (κ3) is 3.95. The molecular weight excluding hydrogens is 362 g/mol. The lowest BCUT2D eigenvalue weighted by atomic mass is 10.0. The first-order valence-corrected chi connectivity index (χ1v) is 9.02. The molecule has 0 unspecified atom stereocenters. The van der Waals surface area contributed by atoms with E-state index in [9.17, 15) is 9.90 Å². The van der Waals surface area contributed by atoms with Crippen molar-refractivity contribution in [3.05, 3.63) is 81.9 Å². The third-order valence-electron chi connectivity index (χ3n) is 4.33. The van der Waals surface area contributed by atoms with Gasteiger partial charge in [0.05, 0.1) is 30.2 Å². The summed E-state index contributed by atoms with van der Waals surface area (Å²) in [5, 5.41) is 10.4. The van der Waals surface area contributed by atoms with Crippen molar-refractivity contribution in [3.8, 4) is 5.69 Å². The van der Waals surface area contributed by atoms with E-state index in [1.807, 2.05) is 48.7 Å². The van der Waals surface area contributed by atoms with Crippen molar-refractivity contribution in [1.82, 2.24) is 14.5 Å². The lowest BCUT2D eigenvalue weighted by Gasteiger charge is -2.17. The molecule has 5 nitrogen and oxygen atoms in total. The molecule has 0 radical (unpaired) electrons. The summed E-state index contributed by atoms with van der Waals surface area (Å²) in [6, 6.07) is 14.3. The lowest BCUT2D eigenvalue weighted by molar-refractivity contribution is 0.103. The zero-order chi connectivity index (χ0) is 19.6. The normalized spacial score (nSPS) is 11.2. The number of aryl methyl sites for hydroxylation is 1. The molecule has 0 aliphatic heterocycles. The van der Waals surface area contributed by atoms with Crippen LogP contribution in [0.2, 0.25) is 5.02 Å². The highest BCUT2D eigenvalue weighted by Crippen LogP contribution is 2.27. The number of imidazole rings is 1. The second kappa shape index (κ2) is 8.05. The molecule has 1 N–H and O–H groups in total. The molecule has 2 aromatic carbocycles. The SMILES string of the molecule is Cc1nc(CN(C)C)n(-c2ccc(Cl)cc2C(=O)c2ccccc2)c1CO. The van der Waals surface area contributed by atoms with E-state index >= 15 is 0 Å². The number of benzene rings is 2. The molecule has 0 saturated carbocycles. The van der Waals surface area contributed by atoms with Crippen LogP contribution in [0.1, 0.15) is 33.1 Å². The second-order valence-corrected chi connectivity index (χ2v) is 7.08. The second-order valence-electron chi connectivity index (χ2n) is 6.65. The van der Waals surface area contributed by atoms with Gasteiger partial charge in [0, 0.05) is 16.1 Å². The van der Waals surface area contributed by atoms with Crippen LogP contribution in [0.5, 0.6) is 0 Å². The number of aromatic nitrogens is 2.